The van der Waals surface area contributed by atoms with Crippen LogP contribution < -0.4 is 10.6 Å². The maximum absolute atomic E-state index is 13.9. The van der Waals surface area contributed by atoms with Gasteiger partial charge in [0.05, 0.1) is 22.8 Å². The Hall–Kier alpha value is -6.38. The lowest BCUT2D eigenvalue weighted by Gasteiger charge is -2.50. The van der Waals surface area contributed by atoms with Crippen LogP contribution in [0.1, 0.15) is 130 Å². The molecule has 4 aromatic carbocycles. The number of fused-ring (bicyclic) bond motifs is 6. The summed E-state index contributed by atoms with van der Waals surface area (Å²) in [5, 5.41) is 27.2. The Kier molecular flexibility index (Phi) is 14.7. The molecule has 2 fully saturated rings. The third-order valence-corrected chi connectivity index (χ3v) is 16.8. The van der Waals surface area contributed by atoms with E-state index in [1.54, 1.807) is 48.8 Å². The average Bonchev–Trinajstić information content (AvgIpc) is 3.62. The van der Waals surface area contributed by atoms with Crippen LogP contribution in [0, 0.1) is 25.7 Å². The highest BCUT2D eigenvalue weighted by Crippen LogP contribution is 2.58. The lowest BCUT2D eigenvalue weighted by atomic mass is 9.56. The van der Waals surface area contributed by atoms with Gasteiger partial charge in [0, 0.05) is 34.4 Å². The molecule has 2 heterocycles. The van der Waals surface area contributed by atoms with E-state index in [0.29, 0.717) is 73.9 Å². The average molecular weight is 1020 g/mol. The van der Waals surface area contributed by atoms with Crippen LogP contribution in [0.5, 0.6) is 0 Å². The van der Waals surface area contributed by atoms with Gasteiger partial charge in [-0.3, -0.25) is 19.6 Å². The van der Waals surface area contributed by atoms with E-state index < -0.39 is 34.4 Å². The summed E-state index contributed by atoms with van der Waals surface area (Å²) in [4.78, 5) is 34.6. The molecular weight excluding hydrogens is 955 g/mol. The fraction of sp³-hybridized carbons (Fsp3) is 0.400. The molecule has 74 heavy (non-hydrogen) atoms. The van der Waals surface area contributed by atoms with Crippen LogP contribution in [0.15, 0.2) is 134 Å². The fourth-order valence-electron chi connectivity index (χ4n) is 12.8. The molecule has 2 amide bonds. The molecule has 4 aliphatic rings. The van der Waals surface area contributed by atoms with Crippen molar-refractivity contribution in [1.29, 1.82) is 0 Å². The number of nitrogens with zero attached hydrogens (tertiary/aromatic N) is 2. The molecule has 0 spiro atoms. The molecule has 4 aliphatic carbocycles. The summed E-state index contributed by atoms with van der Waals surface area (Å²) in [6.45, 7) is 3.65. The van der Waals surface area contributed by atoms with Crippen molar-refractivity contribution in [3.8, 4) is 0 Å². The van der Waals surface area contributed by atoms with Crippen molar-refractivity contribution in [2.75, 3.05) is 10.6 Å². The normalized spacial score (nSPS) is 25.5. The summed E-state index contributed by atoms with van der Waals surface area (Å²) in [7, 11) is 0. The first-order valence-electron chi connectivity index (χ1n) is 25.6. The van der Waals surface area contributed by atoms with Crippen molar-refractivity contribution in [1.82, 2.24) is 9.97 Å². The SMILES string of the molecule is Cc1ncccc1NC(=O)c1ccc2c(c1)CCC[C@@H]1C[C@@](O)(C(F)(F)F)CC[C@@]21Cc1ccccc1.Cc1ncccc1NC(=O)c1ccc2c(c1)CCC[C@H]1C[C@](O)(C(F)(F)F)CC[C@]21Cc1ccccc1. The molecule has 2 aromatic heterocycles. The number of aromatic nitrogens is 2. The van der Waals surface area contributed by atoms with Crippen molar-refractivity contribution < 1.29 is 46.1 Å². The quantitative estimate of drug-likeness (QED) is 0.113. The monoisotopic (exact) mass is 1020 g/mol. The minimum absolute atomic E-state index is 0.232. The molecule has 8 nitrogen and oxygen atoms in total. The molecule has 0 radical (unpaired) electrons. The predicted octanol–water partition coefficient (Wildman–Crippen LogP) is 13.1. The lowest BCUT2D eigenvalue weighted by molar-refractivity contribution is -0.279. The second-order valence-electron chi connectivity index (χ2n) is 21.2. The van der Waals surface area contributed by atoms with Crippen LogP contribution in [0.25, 0.3) is 0 Å². The van der Waals surface area contributed by atoms with Crippen LogP contribution in [-0.2, 0) is 36.5 Å². The first-order valence-corrected chi connectivity index (χ1v) is 25.6. The van der Waals surface area contributed by atoms with Crippen molar-refractivity contribution in [3.05, 3.63) is 190 Å². The fourth-order valence-corrected chi connectivity index (χ4v) is 12.8. The second kappa shape index (κ2) is 20.7. The number of pyridine rings is 2. The molecular formula is C60H62F6N4O4. The van der Waals surface area contributed by atoms with Crippen LogP contribution in [-0.4, -0.2) is 55.6 Å². The number of carbonyl (C=O) groups excluding carboxylic acids is 2. The topological polar surface area (TPSA) is 124 Å². The molecule has 0 aliphatic heterocycles. The Morgan fingerprint density at radius 1 is 0.554 bits per heavy atom. The number of aryl methyl sites for hydroxylation is 4. The smallest absolute Gasteiger partial charge is 0.380 e. The number of hydrogen-bond acceptors (Lipinski definition) is 6. The standard InChI is InChI=1S/2C30H31F3N2O2/c2*1-20-26(11-6-16-34-20)35-27(36)23-12-13-25-22(17-23)9-5-10-24-19-29(37,30(31,32)33)15-14-28(24,25)18-21-7-3-2-4-8-21/h2*2-4,6-8,11-13,16-17,24,37H,5,9-10,14-15,18-19H2,1H3,(H,35,36)/t2*24-,28+,29-/m10/s1. The van der Waals surface area contributed by atoms with Crippen LogP contribution in [0.2, 0.25) is 0 Å². The molecule has 10 rings (SSSR count). The van der Waals surface area contributed by atoms with Gasteiger partial charge in [-0.1, -0.05) is 72.8 Å². The number of carbonyl (C=O) groups is 2. The van der Waals surface area contributed by atoms with E-state index in [9.17, 15) is 46.1 Å². The summed E-state index contributed by atoms with van der Waals surface area (Å²) >= 11 is 0. The summed E-state index contributed by atoms with van der Waals surface area (Å²) in [6, 6.07) is 38.1. The molecule has 2 saturated carbocycles. The molecule has 0 unspecified atom stereocenters. The summed E-state index contributed by atoms with van der Waals surface area (Å²) in [5.74, 6) is -1.14. The molecule has 0 saturated heterocycles. The van der Waals surface area contributed by atoms with Gasteiger partial charge in [-0.2, -0.15) is 26.3 Å². The minimum Gasteiger partial charge on any atom is -0.380 e. The van der Waals surface area contributed by atoms with Gasteiger partial charge in [-0.15, -0.1) is 0 Å². The van der Waals surface area contributed by atoms with Gasteiger partial charge >= 0.3 is 12.4 Å². The number of alkyl halides is 6. The van der Waals surface area contributed by atoms with Gasteiger partial charge in [0.25, 0.3) is 11.8 Å². The summed E-state index contributed by atoms with van der Waals surface area (Å²) in [5.41, 5.74) is 3.49. The number of hydrogen-bond donors (Lipinski definition) is 4. The van der Waals surface area contributed by atoms with Gasteiger partial charge in [-0.25, -0.2) is 0 Å². The predicted molar refractivity (Wildman–Crippen MR) is 273 cm³/mol. The molecule has 388 valence electrons. The van der Waals surface area contributed by atoms with Crippen molar-refractivity contribution in [2.24, 2.45) is 11.8 Å². The summed E-state index contributed by atoms with van der Waals surface area (Å²) < 4.78 is 83.3. The third kappa shape index (κ3) is 10.5. The van der Waals surface area contributed by atoms with E-state index >= 15 is 0 Å². The van der Waals surface area contributed by atoms with E-state index in [1.165, 1.54) is 0 Å². The van der Waals surface area contributed by atoms with E-state index in [4.69, 9.17) is 0 Å². The molecule has 14 heteroatoms. The van der Waals surface area contributed by atoms with Crippen LogP contribution in [0.4, 0.5) is 37.7 Å². The van der Waals surface area contributed by atoms with Gasteiger partial charge < -0.3 is 20.8 Å². The molecule has 6 atom stereocenters. The zero-order valence-corrected chi connectivity index (χ0v) is 41.6. The van der Waals surface area contributed by atoms with E-state index in [1.807, 2.05) is 98.8 Å². The van der Waals surface area contributed by atoms with E-state index in [0.717, 1.165) is 44.8 Å². The Morgan fingerprint density at radius 2 is 0.946 bits per heavy atom. The maximum Gasteiger partial charge on any atom is 0.417 e. The number of amides is 2. The minimum atomic E-state index is -4.66. The number of aliphatic hydroxyl groups is 2. The van der Waals surface area contributed by atoms with Crippen molar-refractivity contribution >= 4 is 23.2 Å². The highest BCUT2D eigenvalue weighted by molar-refractivity contribution is 6.05. The largest absolute Gasteiger partial charge is 0.417 e. The maximum atomic E-state index is 13.9. The Morgan fingerprint density at radius 3 is 1.31 bits per heavy atom. The van der Waals surface area contributed by atoms with Crippen molar-refractivity contribution in [2.45, 2.75) is 138 Å². The van der Waals surface area contributed by atoms with Gasteiger partial charge in [0.2, 0.25) is 0 Å². The second-order valence-corrected chi connectivity index (χ2v) is 21.2. The summed E-state index contributed by atoms with van der Waals surface area (Å²) in [6.07, 6.45) is -1.64. The molecule has 4 N–H and O–H groups in total. The Labute approximate surface area is 428 Å². The molecule has 0 bridgehead atoms. The van der Waals surface area contributed by atoms with Crippen LogP contribution >= 0.6 is 0 Å². The Balaban J connectivity index is 0.000000182. The third-order valence-electron chi connectivity index (χ3n) is 16.8. The first-order chi connectivity index (χ1) is 35.2. The number of rotatable bonds is 8. The van der Waals surface area contributed by atoms with Gasteiger partial charge in [-0.05, 0) is 197 Å². The molecule has 6 aromatic rings. The number of nitrogens with one attached hydrogen (secondary N) is 2. The number of halogens is 6. The van der Waals surface area contributed by atoms with Crippen molar-refractivity contribution in [3.63, 3.8) is 0 Å². The highest BCUT2D eigenvalue weighted by atomic mass is 19.4. The number of anilines is 2. The highest BCUT2D eigenvalue weighted by Gasteiger charge is 2.62. The Bertz CT molecular complexity index is 2790. The zero-order chi connectivity index (χ0) is 52.5. The number of benzene rings is 4. The van der Waals surface area contributed by atoms with Crippen LogP contribution in [0.3, 0.4) is 0 Å². The van der Waals surface area contributed by atoms with Gasteiger partial charge in [0.15, 0.2) is 11.2 Å². The zero-order valence-electron chi connectivity index (χ0n) is 41.6. The first kappa shape index (κ1) is 52.5. The lowest BCUT2D eigenvalue weighted by Crippen LogP contribution is -2.55. The van der Waals surface area contributed by atoms with E-state index in [-0.39, 0.29) is 62.2 Å². The van der Waals surface area contributed by atoms with Gasteiger partial charge in [0.1, 0.15) is 0 Å². The van der Waals surface area contributed by atoms with E-state index in [2.05, 4.69) is 20.6 Å².